The maximum atomic E-state index is 12.6. The second-order valence-corrected chi connectivity index (χ2v) is 4.65. The first-order chi connectivity index (χ1) is 6.97. The van der Waals surface area contributed by atoms with Crippen molar-refractivity contribution in [2.24, 2.45) is 0 Å². The third-order valence-corrected chi connectivity index (χ3v) is 2.16. The highest BCUT2D eigenvalue weighted by molar-refractivity contribution is 7.88. The highest BCUT2D eigenvalue weighted by Crippen LogP contribution is 2.00. The van der Waals surface area contributed by atoms with E-state index in [1.165, 1.54) is 0 Å². The van der Waals surface area contributed by atoms with E-state index >= 15 is 0 Å². The summed E-state index contributed by atoms with van der Waals surface area (Å²) < 4.78 is 36.2. The van der Waals surface area contributed by atoms with Crippen molar-refractivity contribution in [3.8, 4) is 0 Å². The first kappa shape index (κ1) is 11.8. The van der Waals surface area contributed by atoms with Gasteiger partial charge in [-0.15, -0.1) is 0 Å². The fourth-order valence-corrected chi connectivity index (χ4v) is 1.33. The van der Waals surface area contributed by atoms with E-state index in [1.807, 2.05) is 0 Å². The molecule has 0 fully saturated rings. The molecule has 1 aromatic rings. The zero-order valence-electron chi connectivity index (χ0n) is 8.07. The Morgan fingerprint density at radius 2 is 2.13 bits per heavy atom. The second kappa shape index (κ2) is 4.99. The molecule has 2 N–H and O–H groups in total. The summed E-state index contributed by atoms with van der Waals surface area (Å²) in [5.41, 5.74) is 0. The van der Waals surface area contributed by atoms with Crippen LogP contribution in [0.2, 0.25) is 0 Å². The van der Waals surface area contributed by atoms with Gasteiger partial charge in [-0.25, -0.2) is 23.1 Å². The zero-order valence-corrected chi connectivity index (χ0v) is 8.88. The quantitative estimate of drug-likeness (QED) is 0.534. The van der Waals surface area contributed by atoms with Gasteiger partial charge in [0.1, 0.15) is 12.1 Å². The SMILES string of the molecule is CS(=O)(=O)NCCNc1cc(F)ncn1. The average Bonchev–Trinajstić information content (AvgIpc) is 2.11. The van der Waals surface area contributed by atoms with Gasteiger partial charge in [0.2, 0.25) is 16.0 Å². The van der Waals surface area contributed by atoms with Gasteiger partial charge < -0.3 is 5.32 Å². The molecule has 0 radical (unpaired) electrons. The first-order valence-electron chi connectivity index (χ1n) is 4.13. The van der Waals surface area contributed by atoms with Crippen molar-refractivity contribution in [2.45, 2.75) is 0 Å². The third kappa shape index (κ3) is 5.23. The highest BCUT2D eigenvalue weighted by Gasteiger charge is 1.99. The van der Waals surface area contributed by atoms with E-state index in [4.69, 9.17) is 0 Å². The molecule has 1 aromatic heterocycles. The summed E-state index contributed by atoms with van der Waals surface area (Å²) in [6, 6.07) is 1.13. The van der Waals surface area contributed by atoms with E-state index in [2.05, 4.69) is 20.0 Å². The van der Waals surface area contributed by atoms with Gasteiger partial charge in [-0.1, -0.05) is 0 Å². The Kier molecular flexibility index (Phi) is 3.92. The molecule has 6 nitrogen and oxygen atoms in total. The molecule has 0 spiro atoms. The Bertz CT molecular complexity index is 423. The maximum Gasteiger partial charge on any atom is 0.217 e. The predicted molar refractivity (Wildman–Crippen MR) is 53.3 cm³/mol. The molecule has 0 bridgehead atoms. The molecule has 15 heavy (non-hydrogen) atoms. The number of hydrogen-bond donors (Lipinski definition) is 2. The average molecular weight is 234 g/mol. The van der Waals surface area contributed by atoms with Gasteiger partial charge in [0, 0.05) is 19.2 Å². The van der Waals surface area contributed by atoms with Crippen molar-refractivity contribution in [3.63, 3.8) is 0 Å². The summed E-state index contributed by atoms with van der Waals surface area (Å²) in [7, 11) is -3.18. The van der Waals surface area contributed by atoms with Crippen LogP contribution in [0.25, 0.3) is 0 Å². The van der Waals surface area contributed by atoms with Crippen LogP contribution >= 0.6 is 0 Å². The normalized spacial score (nSPS) is 11.3. The van der Waals surface area contributed by atoms with Crippen molar-refractivity contribution in [1.29, 1.82) is 0 Å². The van der Waals surface area contributed by atoms with Gasteiger partial charge in [-0.05, 0) is 0 Å². The molecule has 0 unspecified atom stereocenters. The number of rotatable bonds is 5. The summed E-state index contributed by atoms with van der Waals surface area (Å²) in [5, 5.41) is 2.74. The molecule has 0 atom stereocenters. The summed E-state index contributed by atoms with van der Waals surface area (Å²) in [4.78, 5) is 7.01. The number of nitrogens with zero attached hydrogens (tertiary/aromatic N) is 2. The molecule has 0 aliphatic heterocycles. The largest absolute Gasteiger partial charge is 0.369 e. The molecule has 8 heteroatoms. The number of hydrogen-bond acceptors (Lipinski definition) is 5. The van der Waals surface area contributed by atoms with Crippen molar-refractivity contribution < 1.29 is 12.8 Å². The topological polar surface area (TPSA) is 84.0 Å². The van der Waals surface area contributed by atoms with E-state index in [1.54, 1.807) is 0 Å². The van der Waals surface area contributed by atoms with Gasteiger partial charge in [-0.3, -0.25) is 0 Å². The third-order valence-electron chi connectivity index (χ3n) is 1.43. The molecule has 0 aliphatic rings. The van der Waals surface area contributed by atoms with Gasteiger partial charge in [-0.2, -0.15) is 4.39 Å². The molecule has 0 saturated carbocycles. The highest BCUT2D eigenvalue weighted by atomic mass is 32.2. The summed E-state index contributed by atoms with van der Waals surface area (Å²) >= 11 is 0. The van der Waals surface area contributed by atoms with E-state index < -0.39 is 16.0 Å². The van der Waals surface area contributed by atoms with Gasteiger partial charge in [0.15, 0.2) is 0 Å². The second-order valence-electron chi connectivity index (χ2n) is 2.82. The minimum Gasteiger partial charge on any atom is -0.369 e. The first-order valence-corrected chi connectivity index (χ1v) is 6.02. The van der Waals surface area contributed by atoms with E-state index in [-0.39, 0.29) is 6.54 Å². The van der Waals surface area contributed by atoms with Crippen molar-refractivity contribution >= 4 is 15.8 Å². The van der Waals surface area contributed by atoms with Crippen LogP contribution in [-0.2, 0) is 10.0 Å². The van der Waals surface area contributed by atoms with Crippen molar-refractivity contribution in [3.05, 3.63) is 18.3 Å². The smallest absolute Gasteiger partial charge is 0.217 e. The number of halogens is 1. The zero-order chi connectivity index (χ0) is 11.3. The monoisotopic (exact) mass is 234 g/mol. The number of sulfonamides is 1. The van der Waals surface area contributed by atoms with Crippen LogP contribution in [0.3, 0.4) is 0 Å². The van der Waals surface area contributed by atoms with Crippen LogP contribution in [0, 0.1) is 5.95 Å². The Balaban J connectivity index is 2.32. The van der Waals surface area contributed by atoms with Crippen LogP contribution in [0.1, 0.15) is 0 Å². The molecular formula is C7H11FN4O2S. The van der Waals surface area contributed by atoms with E-state index in [0.29, 0.717) is 12.4 Å². The predicted octanol–water partition coefficient (Wildman–Crippen LogP) is -0.423. The Hall–Kier alpha value is -1.28. The summed E-state index contributed by atoms with van der Waals surface area (Å²) in [6.07, 6.45) is 2.15. The molecule has 0 amide bonds. The summed E-state index contributed by atoms with van der Waals surface area (Å²) in [5.74, 6) is -0.318. The lowest BCUT2D eigenvalue weighted by Gasteiger charge is -2.05. The molecule has 1 heterocycles. The molecule has 0 saturated heterocycles. The van der Waals surface area contributed by atoms with Crippen LogP contribution in [0.5, 0.6) is 0 Å². The Morgan fingerprint density at radius 3 is 2.73 bits per heavy atom. The number of anilines is 1. The Labute approximate surface area is 87.0 Å². The lowest BCUT2D eigenvalue weighted by molar-refractivity contribution is 0.579. The van der Waals surface area contributed by atoms with Gasteiger partial charge in [0.25, 0.3) is 0 Å². The molecular weight excluding hydrogens is 223 g/mol. The van der Waals surface area contributed by atoms with Gasteiger partial charge in [0.05, 0.1) is 6.26 Å². The molecule has 1 rings (SSSR count). The number of aromatic nitrogens is 2. The van der Waals surface area contributed by atoms with Crippen LogP contribution in [0.4, 0.5) is 10.2 Å². The summed E-state index contributed by atoms with van der Waals surface area (Å²) in [6.45, 7) is 0.536. The minimum atomic E-state index is -3.18. The molecule has 0 aliphatic carbocycles. The number of nitrogens with one attached hydrogen (secondary N) is 2. The van der Waals surface area contributed by atoms with Crippen molar-refractivity contribution in [2.75, 3.05) is 24.7 Å². The van der Waals surface area contributed by atoms with Crippen LogP contribution < -0.4 is 10.0 Å². The lowest BCUT2D eigenvalue weighted by atomic mass is 10.5. The maximum absolute atomic E-state index is 12.6. The molecule has 0 aromatic carbocycles. The van der Waals surface area contributed by atoms with Crippen LogP contribution in [-0.4, -0.2) is 37.7 Å². The van der Waals surface area contributed by atoms with Crippen molar-refractivity contribution in [1.82, 2.24) is 14.7 Å². The fourth-order valence-electron chi connectivity index (χ4n) is 0.857. The fraction of sp³-hybridized carbons (Fsp3) is 0.429. The van der Waals surface area contributed by atoms with Crippen LogP contribution in [0.15, 0.2) is 12.4 Å². The molecule has 84 valence electrons. The van der Waals surface area contributed by atoms with Gasteiger partial charge >= 0.3 is 0 Å². The minimum absolute atomic E-state index is 0.213. The van der Waals surface area contributed by atoms with E-state index in [0.717, 1.165) is 18.6 Å². The lowest BCUT2D eigenvalue weighted by Crippen LogP contribution is -2.27. The van der Waals surface area contributed by atoms with E-state index in [9.17, 15) is 12.8 Å². The Morgan fingerprint density at radius 1 is 1.40 bits per heavy atom. The standard InChI is InChI=1S/C7H11FN4O2S/c1-15(13,14)12-3-2-9-7-4-6(8)10-5-11-7/h4-5,12H,2-3H2,1H3,(H,9,10,11).